The molecule has 4 bridgehead atoms. The molecule has 2 N–H and O–H groups in total. The molecule has 5 rings (SSSR count). The van der Waals surface area contributed by atoms with E-state index in [2.05, 4.69) is 10.6 Å². The summed E-state index contributed by atoms with van der Waals surface area (Å²) in [5.74, 6) is 2.83. The van der Waals surface area contributed by atoms with Crippen molar-refractivity contribution in [2.75, 3.05) is 0 Å². The third-order valence-electron chi connectivity index (χ3n) is 6.28. The maximum Gasteiger partial charge on any atom is 0.242 e. The van der Waals surface area contributed by atoms with Crippen LogP contribution in [-0.2, 0) is 16.1 Å². The normalized spacial score (nSPS) is 34.8. The summed E-state index contributed by atoms with van der Waals surface area (Å²) in [6.45, 7) is 2.11. The van der Waals surface area contributed by atoms with Crippen LogP contribution in [0, 0.1) is 23.2 Å². The Morgan fingerprint density at radius 1 is 1.21 bits per heavy atom. The fourth-order valence-electron chi connectivity index (χ4n) is 5.54. The summed E-state index contributed by atoms with van der Waals surface area (Å²) < 4.78 is 5.21. The van der Waals surface area contributed by atoms with E-state index in [1.54, 1.807) is 19.3 Å². The van der Waals surface area contributed by atoms with Crippen LogP contribution in [0.1, 0.15) is 51.2 Å². The van der Waals surface area contributed by atoms with E-state index in [0.29, 0.717) is 12.3 Å². The molecule has 1 aromatic heterocycles. The topological polar surface area (TPSA) is 71.3 Å². The number of hydrogen-bond donors (Lipinski definition) is 2. The van der Waals surface area contributed by atoms with E-state index < -0.39 is 6.04 Å². The molecular formula is C19H26N2O3. The Morgan fingerprint density at radius 2 is 1.83 bits per heavy atom. The summed E-state index contributed by atoms with van der Waals surface area (Å²) in [6.07, 6.45) is 8.57. The summed E-state index contributed by atoms with van der Waals surface area (Å²) in [7, 11) is 0. The lowest BCUT2D eigenvalue weighted by Gasteiger charge is -2.55. The highest BCUT2D eigenvalue weighted by Crippen LogP contribution is 2.60. The molecule has 1 atom stereocenters. The highest BCUT2D eigenvalue weighted by Gasteiger charge is 2.54. The third-order valence-corrected chi connectivity index (χ3v) is 6.28. The SMILES string of the molecule is CC(NC(=O)C12CC3CC(CC(C3)C1)C2)C(=O)NCc1ccco1. The van der Waals surface area contributed by atoms with Gasteiger partial charge in [0.1, 0.15) is 11.8 Å². The van der Waals surface area contributed by atoms with Gasteiger partial charge in [0.2, 0.25) is 11.8 Å². The van der Waals surface area contributed by atoms with Crippen LogP contribution in [-0.4, -0.2) is 17.9 Å². The molecular weight excluding hydrogens is 304 g/mol. The predicted molar refractivity (Wildman–Crippen MR) is 88.8 cm³/mol. The quantitative estimate of drug-likeness (QED) is 0.872. The van der Waals surface area contributed by atoms with Crippen molar-refractivity contribution in [1.82, 2.24) is 10.6 Å². The summed E-state index contributed by atoms with van der Waals surface area (Å²) in [5.41, 5.74) is -0.204. The molecule has 1 heterocycles. The molecule has 24 heavy (non-hydrogen) atoms. The van der Waals surface area contributed by atoms with Gasteiger partial charge in [0, 0.05) is 5.41 Å². The Morgan fingerprint density at radius 3 is 2.38 bits per heavy atom. The highest BCUT2D eigenvalue weighted by molar-refractivity contribution is 5.90. The van der Waals surface area contributed by atoms with Gasteiger partial charge in [-0.15, -0.1) is 0 Å². The van der Waals surface area contributed by atoms with Gasteiger partial charge in [-0.1, -0.05) is 0 Å². The Labute approximate surface area is 142 Å². The molecule has 4 aliphatic carbocycles. The fourth-order valence-corrected chi connectivity index (χ4v) is 5.54. The molecule has 130 valence electrons. The van der Waals surface area contributed by atoms with Gasteiger partial charge in [-0.05, 0) is 75.3 Å². The monoisotopic (exact) mass is 330 g/mol. The number of carbonyl (C=O) groups excluding carboxylic acids is 2. The lowest BCUT2D eigenvalue weighted by molar-refractivity contribution is -0.148. The summed E-state index contributed by atoms with van der Waals surface area (Å²) in [5, 5.41) is 5.80. The number of furan rings is 1. The van der Waals surface area contributed by atoms with Crippen molar-refractivity contribution in [1.29, 1.82) is 0 Å². The van der Waals surface area contributed by atoms with E-state index in [1.807, 2.05) is 6.07 Å². The molecule has 1 unspecified atom stereocenters. The zero-order valence-corrected chi connectivity index (χ0v) is 14.2. The molecule has 4 saturated carbocycles. The van der Waals surface area contributed by atoms with E-state index in [9.17, 15) is 9.59 Å². The molecule has 4 aliphatic rings. The summed E-state index contributed by atoms with van der Waals surface area (Å²) in [4.78, 5) is 25.2. The Hall–Kier alpha value is -1.78. The van der Waals surface area contributed by atoms with Gasteiger partial charge in [-0.2, -0.15) is 0 Å². The van der Waals surface area contributed by atoms with Crippen molar-refractivity contribution in [2.24, 2.45) is 23.2 Å². The molecule has 0 radical (unpaired) electrons. The highest BCUT2D eigenvalue weighted by atomic mass is 16.3. The second-order valence-electron chi connectivity index (χ2n) is 8.19. The third kappa shape index (κ3) is 2.85. The van der Waals surface area contributed by atoms with E-state index in [-0.39, 0.29) is 17.2 Å². The Kier molecular flexibility index (Phi) is 3.89. The first-order valence-corrected chi connectivity index (χ1v) is 9.15. The van der Waals surface area contributed by atoms with Gasteiger partial charge < -0.3 is 15.1 Å². The van der Waals surface area contributed by atoms with Crippen LogP contribution in [0.25, 0.3) is 0 Å². The van der Waals surface area contributed by atoms with Crippen LogP contribution in [0.15, 0.2) is 22.8 Å². The van der Waals surface area contributed by atoms with Gasteiger partial charge in [0.05, 0.1) is 12.8 Å². The minimum Gasteiger partial charge on any atom is -0.467 e. The minimum atomic E-state index is -0.513. The van der Waals surface area contributed by atoms with Crippen molar-refractivity contribution in [3.05, 3.63) is 24.2 Å². The summed E-state index contributed by atoms with van der Waals surface area (Å²) in [6, 6.07) is 3.10. The van der Waals surface area contributed by atoms with Crippen molar-refractivity contribution in [3.63, 3.8) is 0 Å². The smallest absolute Gasteiger partial charge is 0.242 e. The fraction of sp³-hybridized carbons (Fsp3) is 0.684. The van der Waals surface area contributed by atoms with Gasteiger partial charge in [-0.25, -0.2) is 0 Å². The average molecular weight is 330 g/mol. The maximum atomic E-state index is 12.9. The van der Waals surface area contributed by atoms with Gasteiger partial charge in [0.25, 0.3) is 0 Å². The van der Waals surface area contributed by atoms with Crippen LogP contribution in [0.2, 0.25) is 0 Å². The zero-order chi connectivity index (χ0) is 16.7. The number of rotatable bonds is 5. The number of amides is 2. The van der Waals surface area contributed by atoms with Crippen molar-refractivity contribution < 1.29 is 14.0 Å². The molecule has 2 amide bonds. The van der Waals surface area contributed by atoms with Gasteiger partial charge in [-0.3, -0.25) is 9.59 Å². The Balaban J connectivity index is 1.34. The molecule has 1 aromatic rings. The first kappa shape index (κ1) is 15.7. The molecule has 5 nitrogen and oxygen atoms in total. The van der Waals surface area contributed by atoms with Crippen LogP contribution in [0.4, 0.5) is 0 Å². The second kappa shape index (κ2) is 5.94. The van der Waals surface area contributed by atoms with Crippen molar-refractivity contribution in [3.8, 4) is 0 Å². The van der Waals surface area contributed by atoms with E-state index >= 15 is 0 Å². The minimum absolute atomic E-state index is 0.0993. The maximum absolute atomic E-state index is 12.9. The lowest BCUT2D eigenvalue weighted by Crippen LogP contribution is -2.56. The largest absolute Gasteiger partial charge is 0.467 e. The van der Waals surface area contributed by atoms with Crippen LogP contribution >= 0.6 is 0 Å². The lowest BCUT2D eigenvalue weighted by atomic mass is 9.49. The first-order valence-electron chi connectivity index (χ1n) is 9.15. The number of nitrogens with one attached hydrogen (secondary N) is 2. The van der Waals surface area contributed by atoms with Crippen LogP contribution < -0.4 is 10.6 Å². The molecule has 4 fully saturated rings. The Bertz CT molecular complexity index is 587. The van der Waals surface area contributed by atoms with Crippen molar-refractivity contribution in [2.45, 2.75) is 58.0 Å². The van der Waals surface area contributed by atoms with Gasteiger partial charge in [0.15, 0.2) is 0 Å². The number of carbonyl (C=O) groups is 2. The van der Waals surface area contributed by atoms with E-state index in [1.165, 1.54) is 19.3 Å². The summed E-state index contributed by atoms with van der Waals surface area (Å²) >= 11 is 0. The van der Waals surface area contributed by atoms with Crippen LogP contribution in [0.3, 0.4) is 0 Å². The molecule has 0 spiro atoms. The zero-order valence-electron chi connectivity index (χ0n) is 14.2. The van der Waals surface area contributed by atoms with E-state index in [0.717, 1.165) is 37.0 Å². The van der Waals surface area contributed by atoms with Gasteiger partial charge >= 0.3 is 0 Å². The predicted octanol–water partition coefficient (Wildman–Crippen LogP) is 2.62. The molecule has 0 aliphatic heterocycles. The molecule has 0 aromatic carbocycles. The number of hydrogen-bond acceptors (Lipinski definition) is 3. The second-order valence-corrected chi connectivity index (χ2v) is 8.19. The average Bonchev–Trinajstić information content (AvgIpc) is 3.04. The molecule has 5 heteroatoms. The molecule has 0 saturated heterocycles. The van der Waals surface area contributed by atoms with E-state index in [4.69, 9.17) is 4.42 Å². The standard InChI is InChI=1S/C19H26N2O3/c1-12(17(22)20-11-16-3-2-4-24-16)21-18(23)19-8-13-5-14(9-19)7-15(6-13)10-19/h2-4,12-15H,5-11H2,1H3,(H,20,22)(H,21,23). The van der Waals surface area contributed by atoms with Crippen molar-refractivity contribution >= 4 is 11.8 Å². The first-order chi connectivity index (χ1) is 11.5. The van der Waals surface area contributed by atoms with Crippen LogP contribution in [0.5, 0.6) is 0 Å².